The van der Waals surface area contributed by atoms with Gasteiger partial charge in [-0.2, -0.15) is 5.10 Å². The van der Waals surface area contributed by atoms with Crippen LogP contribution in [-0.4, -0.2) is 41.3 Å². The molecule has 0 saturated heterocycles. The first kappa shape index (κ1) is 22.1. The number of hydrogen-bond acceptors (Lipinski definition) is 5. The lowest BCUT2D eigenvalue weighted by Crippen LogP contribution is -2.31. The van der Waals surface area contributed by atoms with Crippen LogP contribution < -0.4 is 4.90 Å². The van der Waals surface area contributed by atoms with Crippen LogP contribution in [0, 0.1) is 10.8 Å². The molecule has 27 heavy (non-hydrogen) atoms. The van der Waals surface area contributed by atoms with E-state index in [1.54, 1.807) is 6.33 Å². The molecule has 6 nitrogen and oxygen atoms in total. The Morgan fingerprint density at radius 3 is 2.04 bits per heavy atom. The van der Waals surface area contributed by atoms with Crippen molar-refractivity contribution >= 4 is 27.3 Å². The number of anilines is 1. The van der Waals surface area contributed by atoms with Crippen LogP contribution >= 0.6 is 15.9 Å². The normalized spacial score (nSPS) is 12.7. The Labute approximate surface area is 171 Å². The Bertz CT molecular complexity index is 697. The maximum absolute atomic E-state index is 5.94. The minimum atomic E-state index is 0.253. The smallest absolute Gasteiger partial charge is 0.160 e. The molecule has 0 aliphatic carbocycles. The van der Waals surface area contributed by atoms with Crippen molar-refractivity contribution in [3.8, 4) is 0 Å². The molecule has 0 fully saturated rings. The van der Waals surface area contributed by atoms with E-state index >= 15 is 0 Å². The summed E-state index contributed by atoms with van der Waals surface area (Å²) in [6.45, 7) is 15.6. The van der Waals surface area contributed by atoms with Gasteiger partial charge >= 0.3 is 0 Å². The molecule has 0 spiro atoms. The predicted molar refractivity (Wildman–Crippen MR) is 113 cm³/mol. The Balaban J connectivity index is 2.06. The fourth-order valence-corrected chi connectivity index (χ4v) is 2.81. The van der Waals surface area contributed by atoms with E-state index < -0.39 is 0 Å². The van der Waals surface area contributed by atoms with Gasteiger partial charge in [0, 0.05) is 13.2 Å². The summed E-state index contributed by atoms with van der Waals surface area (Å²) in [5.74, 6) is 0.808. The Morgan fingerprint density at radius 1 is 0.963 bits per heavy atom. The van der Waals surface area contributed by atoms with Crippen molar-refractivity contribution in [2.24, 2.45) is 10.8 Å². The summed E-state index contributed by atoms with van der Waals surface area (Å²) >= 11 is 3.51. The Hall–Kier alpha value is -1.18. The minimum Gasteiger partial charge on any atom is -0.361 e. The largest absolute Gasteiger partial charge is 0.361 e. The van der Waals surface area contributed by atoms with E-state index in [1.807, 2.05) is 21.5 Å². The molecule has 0 aliphatic rings. The molecule has 0 radical (unpaired) electrons. The Morgan fingerprint density at radius 2 is 1.52 bits per heavy atom. The lowest BCUT2D eigenvalue weighted by molar-refractivity contribution is 0.0653. The second-order valence-corrected chi connectivity index (χ2v) is 10.1. The van der Waals surface area contributed by atoms with Gasteiger partial charge in [0.25, 0.3) is 0 Å². The van der Waals surface area contributed by atoms with E-state index in [9.17, 15) is 0 Å². The third-order valence-electron chi connectivity index (χ3n) is 4.17. The first-order valence-corrected chi connectivity index (χ1v) is 10.2. The van der Waals surface area contributed by atoms with Crippen molar-refractivity contribution in [2.75, 3.05) is 31.6 Å². The van der Waals surface area contributed by atoms with Gasteiger partial charge in [-0.15, -0.1) is 0 Å². The first-order valence-electron chi connectivity index (χ1n) is 9.45. The fraction of sp³-hybridized carbons (Fsp3) is 0.700. The molecule has 0 saturated carbocycles. The number of nitrogens with zero attached hydrogens (tertiary/aromatic N) is 4. The van der Waals surface area contributed by atoms with Crippen molar-refractivity contribution < 1.29 is 9.47 Å². The molecule has 7 heteroatoms. The zero-order chi connectivity index (χ0) is 20.1. The number of rotatable bonds is 9. The fourth-order valence-electron chi connectivity index (χ4n) is 2.40. The number of halogens is 1. The number of hydrogen-bond donors (Lipinski definition) is 0. The second-order valence-electron chi connectivity index (χ2n) is 9.27. The second kappa shape index (κ2) is 9.34. The summed E-state index contributed by atoms with van der Waals surface area (Å²) < 4.78 is 14.6. The van der Waals surface area contributed by atoms with Gasteiger partial charge in [-0.05, 0) is 51.7 Å². The van der Waals surface area contributed by atoms with E-state index in [1.165, 1.54) is 0 Å². The third kappa shape index (κ3) is 7.39. The van der Waals surface area contributed by atoms with E-state index in [4.69, 9.17) is 9.47 Å². The summed E-state index contributed by atoms with van der Waals surface area (Å²) in [7, 11) is 0. The van der Waals surface area contributed by atoms with E-state index in [-0.39, 0.29) is 10.8 Å². The Kier molecular flexibility index (Phi) is 7.65. The maximum Gasteiger partial charge on any atom is 0.160 e. The van der Waals surface area contributed by atoms with E-state index in [0.717, 1.165) is 28.8 Å². The molecule has 2 rings (SSSR count). The highest BCUT2D eigenvalue weighted by molar-refractivity contribution is 9.10. The van der Waals surface area contributed by atoms with E-state index in [2.05, 4.69) is 67.6 Å². The van der Waals surface area contributed by atoms with Crippen molar-refractivity contribution in [1.82, 2.24) is 14.6 Å². The summed E-state index contributed by atoms with van der Waals surface area (Å²) in [5.41, 5.74) is 1.42. The zero-order valence-corrected chi connectivity index (χ0v) is 19.0. The molecule has 0 atom stereocenters. The van der Waals surface area contributed by atoms with Crippen LogP contribution in [0.3, 0.4) is 0 Å². The molecule has 0 amide bonds. The highest BCUT2D eigenvalue weighted by Gasteiger charge is 2.17. The molecule has 2 aromatic heterocycles. The molecule has 0 bridgehead atoms. The van der Waals surface area contributed by atoms with Crippen LogP contribution in [0.1, 0.15) is 54.4 Å². The summed E-state index contributed by atoms with van der Waals surface area (Å²) in [6.07, 6.45) is 3.56. The van der Waals surface area contributed by atoms with Crippen molar-refractivity contribution in [3.05, 3.63) is 23.1 Å². The van der Waals surface area contributed by atoms with Gasteiger partial charge in [0.05, 0.1) is 0 Å². The van der Waals surface area contributed by atoms with Gasteiger partial charge in [-0.3, -0.25) is 0 Å². The number of fused-ring (bicyclic) bond motifs is 1. The van der Waals surface area contributed by atoms with Crippen molar-refractivity contribution in [3.63, 3.8) is 0 Å². The average Bonchev–Trinajstić information content (AvgIpc) is 2.93. The van der Waals surface area contributed by atoms with Crippen molar-refractivity contribution in [2.45, 2.75) is 54.4 Å². The SMILES string of the molecule is CC(C)(C)CCOCN(COCCC(C)(C)C)c1ncnn2c(Br)ccc12. The molecule has 0 aromatic carbocycles. The third-order valence-corrected chi connectivity index (χ3v) is 4.77. The van der Waals surface area contributed by atoms with Crippen molar-refractivity contribution in [1.29, 1.82) is 0 Å². The topological polar surface area (TPSA) is 51.9 Å². The van der Waals surface area contributed by atoms with Gasteiger partial charge in [0.2, 0.25) is 0 Å². The van der Waals surface area contributed by atoms with Gasteiger partial charge in [-0.25, -0.2) is 9.50 Å². The van der Waals surface area contributed by atoms with Crippen LogP contribution in [0.4, 0.5) is 5.82 Å². The summed E-state index contributed by atoms with van der Waals surface area (Å²) in [5, 5.41) is 4.29. The van der Waals surface area contributed by atoms with Crippen LogP contribution in [0.5, 0.6) is 0 Å². The minimum absolute atomic E-state index is 0.253. The summed E-state index contributed by atoms with van der Waals surface area (Å²) in [4.78, 5) is 6.51. The number of ether oxygens (including phenoxy) is 2. The lowest BCUT2D eigenvalue weighted by atomic mass is 9.93. The lowest BCUT2D eigenvalue weighted by Gasteiger charge is -2.26. The number of aromatic nitrogens is 3. The monoisotopic (exact) mass is 440 g/mol. The van der Waals surface area contributed by atoms with Gasteiger partial charge < -0.3 is 14.4 Å². The maximum atomic E-state index is 5.94. The molecule has 0 aliphatic heterocycles. The van der Waals surface area contributed by atoms with Gasteiger partial charge in [-0.1, -0.05) is 41.5 Å². The molecule has 152 valence electrons. The molecular formula is C20H33BrN4O2. The highest BCUT2D eigenvalue weighted by atomic mass is 79.9. The van der Waals surface area contributed by atoms with Crippen LogP contribution in [-0.2, 0) is 9.47 Å². The predicted octanol–water partition coefficient (Wildman–Crippen LogP) is 5.12. The molecule has 2 heterocycles. The van der Waals surface area contributed by atoms with Crippen LogP contribution in [0.15, 0.2) is 23.1 Å². The molecular weight excluding hydrogens is 408 g/mol. The zero-order valence-electron chi connectivity index (χ0n) is 17.5. The van der Waals surface area contributed by atoms with Crippen LogP contribution in [0.25, 0.3) is 5.52 Å². The van der Waals surface area contributed by atoms with Crippen LogP contribution in [0.2, 0.25) is 0 Å². The molecule has 0 N–H and O–H groups in total. The van der Waals surface area contributed by atoms with Gasteiger partial charge in [0.1, 0.15) is 29.9 Å². The average molecular weight is 441 g/mol. The highest BCUT2D eigenvalue weighted by Crippen LogP contribution is 2.24. The standard InChI is InChI=1S/C20H33BrN4O2/c1-19(2,3)9-11-26-14-24(15-27-12-10-20(4,5)6)18-16-7-8-17(21)25(16)23-13-22-18/h7-8,13H,9-12,14-15H2,1-6H3. The van der Waals surface area contributed by atoms with Gasteiger partial charge in [0.15, 0.2) is 5.82 Å². The first-order chi connectivity index (χ1) is 12.6. The molecule has 0 unspecified atom stereocenters. The quantitative estimate of drug-likeness (QED) is 0.400. The summed E-state index contributed by atoms with van der Waals surface area (Å²) in [6, 6.07) is 3.96. The molecule has 2 aromatic rings. The van der Waals surface area contributed by atoms with E-state index in [0.29, 0.717) is 26.7 Å².